The molecule has 1 unspecified atom stereocenters. The van der Waals surface area contributed by atoms with E-state index in [1.807, 2.05) is 42.5 Å². The van der Waals surface area contributed by atoms with Crippen LogP contribution >= 0.6 is 27.5 Å². The van der Waals surface area contributed by atoms with Crippen molar-refractivity contribution in [2.24, 2.45) is 0 Å². The monoisotopic (exact) mass is 361 g/mol. The maximum absolute atomic E-state index is 6.43. The molecule has 0 saturated carbocycles. The molecule has 0 fully saturated rings. The molecule has 3 nitrogen and oxygen atoms in total. The maximum atomic E-state index is 6.43. The molecule has 0 aliphatic rings. The van der Waals surface area contributed by atoms with Crippen LogP contribution in [0.15, 0.2) is 59.3 Å². The van der Waals surface area contributed by atoms with Crippen molar-refractivity contribution in [3.8, 4) is 0 Å². The van der Waals surface area contributed by atoms with Gasteiger partial charge in [-0.25, -0.2) is 0 Å². The van der Waals surface area contributed by atoms with Gasteiger partial charge in [0.05, 0.1) is 16.6 Å². The first-order valence-electron chi connectivity index (χ1n) is 6.57. The zero-order chi connectivity index (χ0) is 14.7. The number of aromatic nitrogens is 2. The molecule has 106 valence electrons. The second kappa shape index (κ2) is 6.41. The Morgan fingerprint density at radius 3 is 2.76 bits per heavy atom. The van der Waals surface area contributed by atoms with Crippen molar-refractivity contribution in [1.29, 1.82) is 0 Å². The second-order valence-electron chi connectivity index (χ2n) is 4.64. The van der Waals surface area contributed by atoms with E-state index in [1.54, 1.807) is 12.4 Å². The molecule has 0 spiro atoms. The van der Waals surface area contributed by atoms with E-state index in [9.17, 15) is 0 Å². The summed E-state index contributed by atoms with van der Waals surface area (Å²) in [6.45, 7) is 0.627. The lowest BCUT2D eigenvalue weighted by Crippen LogP contribution is -2.08. The van der Waals surface area contributed by atoms with Gasteiger partial charge in [0.25, 0.3) is 0 Å². The van der Waals surface area contributed by atoms with E-state index < -0.39 is 0 Å². The first kappa shape index (κ1) is 14.3. The minimum atomic E-state index is -0.0927. The number of nitrogens with zero attached hydrogens (tertiary/aromatic N) is 2. The van der Waals surface area contributed by atoms with E-state index in [4.69, 9.17) is 11.6 Å². The van der Waals surface area contributed by atoms with Crippen LogP contribution in [0.25, 0.3) is 11.0 Å². The van der Waals surface area contributed by atoms with Gasteiger partial charge in [0, 0.05) is 23.4 Å². The Morgan fingerprint density at radius 2 is 1.95 bits per heavy atom. The Balaban J connectivity index is 1.79. The van der Waals surface area contributed by atoms with Crippen LogP contribution in [-0.2, 0) is 0 Å². The molecule has 3 aromatic rings. The molecule has 21 heavy (non-hydrogen) atoms. The fourth-order valence-electron chi connectivity index (χ4n) is 2.13. The number of fused-ring (bicyclic) bond motifs is 1. The van der Waals surface area contributed by atoms with Crippen molar-refractivity contribution >= 4 is 44.3 Å². The van der Waals surface area contributed by atoms with E-state index in [0.717, 1.165) is 26.8 Å². The highest BCUT2D eigenvalue weighted by atomic mass is 79.9. The van der Waals surface area contributed by atoms with E-state index in [2.05, 4.69) is 31.2 Å². The van der Waals surface area contributed by atoms with Crippen molar-refractivity contribution in [2.75, 3.05) is 11.9 Å². The van der Waals surface area contributed by atoms with E-state index in [-0.39, 0.29) is 5.38 Å². The average Bonchev–Trinajstić information content (AvgIpc) is 2.53. The van der Waals surface area contributed by atoms with Crippen LogP contribution in [0.2, 0.25) is 0 Å². The standard InChI is InChI=1S/C16H13BrClN3/c17-12-8-15-16(21-9-12)14(6-7-19-15)20-10-13(18)11-4-2-1-3-5-11/h1-9,13H,10H2,(H,19,20). The summed E-state index contributed by atoms with van der Waals surface area (Å²) in [4.78, 5) is 8.74. The Kier molecular flexibility index (Phi) is 4.36. The summed E-state index contributed by atoms with van der Waals surface area (Å²) < 4.78 is 0.916. The summed E-state index contributed by atoms with van der Waals surface area (Å²) >= 11 is 9.83. The molecule has 0 amide bonds. The van der Waals surface area contributed by atoms with Crippen molar-refractivity contribution in [2.45, 2.75) is 5.38 Å². The summed E-state index contributed by atoms with van der Waals surface area (Å²) in [6, 6.07) is 13.9. The first-order chi connectivity index (χ1) is 10.2. The third kappa shape index (κ3) is 3.34. The molecule has 0 aliphatic heterocycles. The third-order valence-electron chi connectivity index (χ3n) is 3.18. The van der Waals surface area contributed by atoms with Crippen molar-refractivity contribution in [3.05, 3.63) is 64.9 Å². The summed E-state index contributed by atoms with van der Waals surface area (Å²) in [5.41, 5.74) is 3.73. The Labute approximate surface area is 136 Å². The maximum Gasteiger partial charge on any atom is 0.112 e. The fourth-order valence-corrected chi connectivity index (χ4v) is 2.67. The van der Waals surface area contributed by atoms with Crippen molar-refractivity contribution in [3.63, 3.8) is 0 Å². The van der Waals surface area contributed by atoms with Gasteiger partial charge >= 0.3 is 0 Å². The lowest BCUT2D eigenvalue weighted by atomic mass is 10.1. The highest BCUT2D eigenvalue weighted by Crippen LogP contribution is 2.25. The largest absolute Gasteiger partial charge is 0.381 e. The molecular weight excluding hydrogens is 350 g/mol. The van der Waals surface area contributed by atoms with Gasteiger partial charge in [-0.05, 0) is 33.6 Å². The molecule has 0 aliphatic carbocycles. The van der Waals surface area contributed by atoms with Gasteiger partial charge in [-0.2, -0.15) is 0 Å². The van der Waals surface area contributed by atoms with Gasteiger partial charge in [0.15, 0.2) is 0 Å². The minimum absolute atomic E-state index is 0.0927. The number of nitrogens with one attached hydrogen (secondary N) is 1. The minimum Gasteiger partial charge on any atom is -0.381 e. The van der Waals surface area contributed by atoms with Gasteiger partial charge in [-0.3, -0.25) is 9.97 Å². The molecule has 5 heteroatoms. The summed E-state index contributed by atoms with van der Waals surface area (Å²) in [6.07, 6.45) is 3.54. The number of halogens is 2. The molecule has 1 atom stereocenters. The number of pyridine rings is 2. The van der Waals surface area contributed by atoms with Crippen molar-refractivity contribution < 1.29 is 0 Å². The topological polar surface area (TPSA) is 37.8 Å². The zero-order valence-corrected chi connectivity index (χ0v) is 13.5. The second-order valence-corrected chi connectivity index (χ2v) is 6.08. The number of benzene rings is 1. The molecule has 1 aromatic carbocycles. The Hall–Kier alpha value is -1.65. The molecule has 2 aromatic heterocycles. The fraction of sp³-hybridized carbons (Fsp3) is 0.125. The first-order valence-corrected chi connectivity index (χ1v) is 7.80. The van der Waals surface area contributed by atoms with Crippen LogP contribution < -0.4 is 5.32 Å². The van der Waals surface area contributed by atoms with Crippen LogP contribution in [0.5, 0.6) is 0 Å². The third-order valence-corrected chi connectivity index (χ3v) is 4.02. The molecule has 0 saturated heterocycles. The van der Waals surface area contributed by atoms with Gasteiger partial charge in [-0.1, -0.05) is 30.3 Å². The zero-order valence-electron chi connectivity index (χ0n) is 11.1. The molecule has 2 heterocycles. The van der Waals surface area contributed by atoms with E-state index >= 15 is 0 Å². The molecule has 1 N–H and O–H groups in total. The lowest BCUT2D eigenvalue weighted by molar-refractivity contribution is 0.978. The van der Waals surface area contributed by atoms with Crippen molar-refractivity contribution in [1.82, 2.24) is 9.97 Å². The SMILES string of the molecule is ClC(CNc1ccnc2cc(Br)cnc12)c1ccccc1. The lowest BCUT2D eigenvalue weighted by Gasteiger charge is -2.13. The Morgan fingerprint density at radius 1 is 1.14 bits per heavy atom. The highest BCUT2D eigenvalue weighted by molar-refractivity contribution is 9.10. The smallest absolute Gasteiger partial charge is 0.112 e. The highest BCUT2D eigenvalue weighted by Gasteiger charge is 2.09. The molecule has 0 radical (unpaired) electrons. The van der Waals surface area contributed by atoms with Crippen LogP contribution in [0, 0.1) is 0 Å². The summed E-state index contributed by atoms with van der Waals surface area (Å²) in [7, 11) is 0. The number of rotatable bonds is 4. The van der Waals surface area contributed by atoms with Gasteiger partial charge in [-0.15, -0.1) is 11.6 Å². The van der Waals surface area contributed by atoms with E-state index in [0.29, 0.717) is 6.54 Å². The number of alkyl halides is 1. The molecule has 0 bridgehead atoms. The number of anilines is 1. The number of hydrogen-bond donors (Lipinski definition) is 1. The van der Waals surface area contributed by atoms with Crippen LogP contribution in [0.3, 0.4) is 0 Å². The molecule has 3 rings (SSSR count). The normalized spacial score (nSPS) is 12.3. The van der Waals surface area contributed by atoms with Crippen LogP contribution in [-0.4, -0.2) is 16.5 Å². The quantitative estimate of drug-likeness (QED) is 0.678. The molecular formula is C16H13BrClN3. The predicted molar refractivity (Wildman–Crippen MR) is 90.8 cm³/mol. The van der Waals surface area contributed by atoms with Gasteiger partial charge in [0.1, 0.15) is 5.52 Å². The van der Waals surface area contributed by atoms with E-state index in [1.165, 1.54) is 0 Å². The Bertz CT molecular complexity index is 749. The van der Waals surface area contributed by atoms with Gasteiger partial charge < -0.3 is 5.32 Å². The van der Waals surface area contributed by atoms with Gasteiger partial charge in [0.2, 0.25) is 0 Å². The van der Waals surface area contributed by atoms with Crippen LogP contribution in [0.4, 0.5) is 5.69 Å². The summed E-state index contributed by atoms with van der Waals surface area (Å²) in [5, 5.41) is 3.26. The number of hydrogen-bond acceptors (Lipinski definition) is 3. The van der Waals surface area contributed by atoms with Crippen LogP contribution in [0.1, 0.15) is 10.9 Å². The predicted octanol–water partition coefficient (Wildman–Crippen LogP) is 4.78. The summed E-state index contributed by atoms with van der Waals surface area (Å²) in [5.74, 6) is 0. The average molecular weight is 363 g/mol.